The number of amides is 2. The van der Waals surface area contributed by atoms with E-state index >= 15 is 0 Å². The Morgan fingerprint density at radius 2 is 1.03 bits per heavy atom. The average Bonchev–Trinajstić information content (AvgIpc) is 3.09. The largest absolute Gasteiger partial charge is 0.508 e. The molecule has 10 heteroatoms. The lowest BCUT2D eigenvalue weighted by Gasteiger charge is -2.27. The number of nitrogens with zero attached hydrogens (tertiary/aromatic N) is 1. The lowest BCUT2D eigenvalue weighted by atomic mass is 10.0. The highest BCUT2D eigenvalue weighted by molar-refractivity contribution is 7.59. The van der Waals surface area contributed by atoms with E-state index < -0.39 is 30.1 Å². The molecule has 8 nitrogen and oxygen atoms in total. The molecule has 4 atom stereocenters. The van der Waals surface area contributed by atoms with Crippen molar-refractivity contribution in [1.82, 2.24) is 4.90 Å². The summed E-state index contributed by atoms with van der Waals surface area (Å²) in [5.74, 6) is -0.517. The molecule has 36 heavy (non-hydrogen) atoms. The SMILES string of the molecule is CC(C(O)c1ccc(O)cc1)N1C(=O)c2ccccc2C1=O.CC(N)C(O)c1ccc(O)cc1.S.S. The minimum Gasteiger partial charge on any atom is -0.508 e. The number of aromatic hydroxyl groups is 2. The second-order valence-corrected chi connectivity index (χ2v) is 8.20. The Hall–Kier alpha value is -3.02. The molecule has 6 N–H and O–H groups in total. The normalized spacial score (nSPS) is 15.3. The molecule has 4 rings (SSSR count). The summed E-state index contributed by atoms with van der Waals surface area (Å²) in [7, 11) is 0. The third-order valence-electron chi connectivity index (χ3n) is 5.66. The first-order chi connectivity index (χ1) is 16.1. The highest BCUT2D eigenvalue weighted by Gasteiger charge is 2.40. The van der Waals surface area contributed by atoms with Crippen LogP contribution in [0, 0.1) is 0 Å². The number of phenolic OH excluding ortho intramolecular Hbond substituents is 2. The van der Waals surface area contributed by atoms with Crippen molar-refractivity contribution in [2.75, 3.05) is 0 Å². The first-order valence-electron chi connectivity index (χ1n) is 10.8. The van der Waals surface area contributed by atoms with Crippen molar-refractivity contribution in [3.63, 3.8) is 0 Å². The van der Waals surface area contributed by atoms with Crippen molar-refractivity contribution in [1.29, 1.82) is 0 Å². The van der Waals surface area contributed by atoms with E-state index in [0.29, 0.717) is 16.7 Å². The van der Waals surface area contributed by atoms with Gasteiger partial charge in [-0.2, -0.15) is 27.0 Å². The molecule has 0 saturated carbocycles. The molecule has 0 saturated heterocycles. The zero-order valence-corrected chi connectivity index (χ0v) is 21.9. The smallest absolute Gasteiger partial charge is 0.261 e. The topological polar surface area (TPSA) is 144 Å². The molecule has 0 radical (unpaired) electrons. The fraction of sp³-hybridized carbons (Fsp3) is 0.231. The second kappa shape index (κ2) is 13.3. The molecule has 1 heterocycles. The summed E-state index contributed by atoms with van der Waals surface area (Å²) >= 11 is 0. The fourth-order valence-corrected chi connectivity index (χ4v) is 3.64. The highest BCUT2D eigenvalue weighted by atomic mass is 32.1. The maximum absolute atomic E-state index is 12.4. The summed E-state index contributed by atoms with van der Waals surface area (Å²) in [4.78, 5) is 25.9. The molecule has 1 aliphatic heterocycles. The predicted octanol–water partition coefficient (Wildman–Crippen LogP) is 3.11. The van der Waals surface area contributed by atoms with Crippen LogP contribution in [-0.2, 0) is 0 Å². The van der Waals surface area contributed by atoms with E-state index in [-0.39, 0.29) is 44.5 Å². The average molecular weight is 533 g/mol. The molecular formula is C26H32N2O6S2. The van der Waals surface area contributed by atoms with Crippen molar-refractivity contribution < 1.29 is 30.0 Å². The van der Waals surface area contributed by atoms with Gasteiger partial charge < -0.3 is 26.2 Å². The molecular weight excluding hydrogens is 500 g/mol. The number of carbonyl (C=O) groups is 2. The number of aliphatic hydroxyl groups excluding tert-OH is 2. The first-order valence-corrected chi connectivity index (χ1v) is 10.8. The number of hydrogen-bond acceptors (Lipinski definition) is 7. The van der Waals surface area contributed by atoms with Crippen molar-refractivity contribution in [3.8, 4) is 11.5 Å². The maximum Gasteiger partial charge on any atom is 0.261 e. The van der Waals surface area contributed by atoms with Crippen LogP contribution in [-0.4, -0.2) is 49.2 Å². The molecule has 3 aromatic rings. The van der Waals surface area contributed by atoms with Gasteiger partial charge in [0.15, 0.2) is 0 Å². The van der Waals surface area contributed by atoms with E-state index in [1.54, 1.807) is 62.4 Å². The molecule has 1 aliphatic rings. The number of fused-ring (bicyclic) bond motifs is 1. The molecule has 0 bridgehead atoms. The van der Waals surface area contributed by atoms with E-state index in [4.69, 9.17) is 10.8 Å². The third kappa shape index (κ3) is 6.80. The number of benzene rings is 3. The monoisotopic (exact) mass is 532 g/mol. The molecule has 2 amide bonds. The summed E-state index contributed by atoms with van der Waals surface area (Å²) in [6, 6.07) is 18.0. The van der Waals surface area contributed by atoms with Crippen LogP contribution in [0.4, 0.5) is 0 Å². The Morgan fingerprint density at radius 3 is 1.39 bits per heavy atom. The molecule has 0 spiro atoms. The Kier molecular flexibility index (Phi) is 11.5. The van der Waals surface area contributed by atoms with Crippen LogP contribution in [0.25, 0.3) is 0 Å². The Balaban J connectivity index is 0.000000399. The number of phenols is 2. The second-order valence-electron chi connectivity index (χ2n) is 8.20. The molecule has 0 fully saturated rings. The zero-order valence-electron chi connectivity index (χ0n) is 19.9. The molecule has 194 valence electrons. The number of aliphatic hydroxyl groups is 2. The predicted molar refractivity (Wildman–Crippen MR) is 147 cm³/mol. The summed E-state index contributed by atoms with van der Waals surface area (Å²) in [6.07, 6.45) is -1.69. The van der Waals surface area contributed by atoms with Crippen LogP contribution in [0.15, 0.2) is 72.8 Å². The van der Waals surface area contributed by atoms with Crippen molar-refractivity contribution in [3.05, 3.63) is 95.1 Å². The summed E-state index contributed by atoms with van der Waals surface area (Å²) in [5, 5.41) is 38.2. The van der Waals surface area contributed by atoms with Gasteiger partial charge in [0.05, 0.1) is 29.4 Å². The van der Waals surface area contributed by atoms with E-state index in [1.807, 2.05) is 0 Å². The van der Waals surface area contributed by atoms with Crippen LogP contribution < -0.4 is 5.73 Å². The van der Waals surface area contributed by atoms with Crippen LogP contribution in [0.5, 0.6) is 11.5 Å². The number of imide groups is 1. The minimum atomic E-state index is -1.03. The van der Waals surface area contributed by atoms with Gasteiger partial charge in [-0.3, -0.25) is 14.5 Å². The molecule has 0 aromatic heterocycles. The first kappa shape index (κ1) is 31.0. The number of nitrogens with two attached hydrogens (primary N) is 1. The summed E-state index contributed by atoms with van der Waals surface area (Å²) < 4.78 is 0. The van der Waals surface area contributed by atoms with Gasteiger partial charge in [-0.05, 0) is 61.4 Å². The van der Waals surface area contributed by atoms with Gasteiger partial charge in [-0.15, -0.1) is 0 Å². The Bertz CT molecular complexity index is 1120. The zero-order chi connectivity index (χ0) is 25.0. The van der Waals surface area contributed by atoms with Crippen LogP contribution >= 0.6 is 27.0 Å². The van der Waals surface area contributed by atoms with Crippen molar-refractivity contribution in [2.45, 2.75) is 38.1 Å². The van der Waals surface area contributed by atoms with Gasteiger partial charge in [0.25, 0.3) is 11.8 Å². The van der Waals surface area contributed by atoms with Gasteiger partial charge in [-0.25, -0.2) is 0 Å². The number of rotatable bonds is 5. The molecule has 0 aliphatic carbocycles. The van der Waals surface area contributed by atoms with E-state index in [2.05, 4.69) is 0 Å². The van der Waals surface area contributed by atoms with Gasteiger partial charge in [0.2, 0.25) is 0 Å². The van der Waals surface area contributed by atoms with Crippen LogP contribution in [0.1, 0.15) is 57.9 Å². The standard InChI is InChI=1S/C17H15NO4.C9H13NO2.2H2S/c1-10(15(20)11-6-8-12(19)9-7-11)18-16(21)13-4-2-3-5-14(13)17(18)22;1-6(10)9(12)7-2-4-8(11)5-3-7;;/h2-10,15,19-20H,1H3;2-6,9,11-12H,10H2,1H3;2*1H2. The van der Waals surface area contributed by atoms with Crippen LogP contribution in [0.3, 0.4) is 0 Å². The Labute approximate surface area is 223 Å². The molecule has 3 aromatic carbocycles. The molecule has 4 unspecified atom stereocenters. The lowest BCUT2D eigenvalue weighted by molar-refractivity contribution is 0.0376. The van der Waals surface area contributed by atoms with E-state index in [0.717, 1.165) is 10.5 Å². The summed E-state index contributed by atoms with van der Waals surface area (Å²) in [6.45, 7) is 3.36. The van der Waals surface area contributed by atoms with Gasteiger partial charge in [-0.1, -0.05) is 36.4 Å². The number of carbonyl (C=O) groups excluding carboxylic acids is 2. The Morgan fingerprint density at radius 1 is 0.667 bits per heavy atom. The fourth-order valence-electron chi connectivity index (χ4n) is 3.64. The minimum absolute atomic E-state index is 0. The number of hydrogen-bond donors (Lipinski definition) is 5. The lowest BCUT2D eigenvalue weighted by Crippen LogP contribution is -2.41. The van der Waals surface area contributed by atoms with E-state index in [9.17, 15) is 24.9 Å². The van der Waals surface area contributed by atoms with Crippen molar-refractivity contribution >= 4 is 38.8 Å². The van der Waals surface area contributed by atoms with Crippen molar-refractivity contribution in [2.24, 2.45) is 5.73 Å². The third-order valence-corrected chi connectivity index (χ3v) is 5.66. The highest BCUT2D eigenvalue weighted by Crippen LogP contribution is 2.30. The quantitative estimate of drug-likeness (QED) is 0.318. The van der Waals surface area contributed by atoms with Gasteiger partial charge in [0, 0.05) is 6.04 Å². The van der Waals surface area contributed by atoms with Gasteiger partial charge in [0.1, 0.15) is 11.5 Å². The van der Waals surface area contributed by atoms with Crippen LogP contribution in [0.2, 0.25) is 0 Å². The summed E-state index contributed by atoms with van der Waals surface area (Å²) in [5.41, 5.74) is 7.46. The maximum atomic E-state index is 12.4. The van der Waals surface area contributed by atoms with E-state index in [1.165, 1.54) is 24.3 Å². The van der Waals surface area contributed by atoms with Gasteiger partial charge >= 0.3 is 0 Å².